The monoisotopic (exact) mass is 496 g/mol. The molecule has 125 valence electrons. The Hall–Kier alpha value is -1.84. The van der Waals surface area contributed by atoms with Crippen LogP contribution in [0.4, 0.5) is 0 Å². The van der Waals surface area contributed by atoms with Gasteiger partial charge in [-0.25, -0.2) is 0 Å². The summed E-state index contributed by atoms with van der Waals surface area (Å²) in [6, 6.07) is 9.60. The van der Waals surface area contributed by atoms with Crippen LogP contribution in [0.25, 0.3) is 27.7 Å². The van der Waals surface area contributed by atoms with E-state index in [9.17, 15) is 0 Å². The minimum absolute atomic E-state index is 0. The zero-order chi connectivity index (χ0) is 16.4. The Balaban J connectivity index is 0.00000169. The molecule has 0 saturated heterocycles. The van der Waals surface area contributed by atoms with E-state index in [1.54, 1.807) is 0 Å². The van der Waals surface area contributed by atoms with Crippen LogP contribution in [-0.2, 0) is 25.5 Å². The van der Waals surface area contributed by atoms with Crippen molar-refractivity contribution in [3.05, 3.63) is 47.4 Å². The molecule has 0 N–H and O–H groups in total. The third kappa shape index (κ3) is 2.52. The van der Waals surface area contributed by atoms with Crippen molar-refractivity contribution in [2.45, 2.75) is 40.0 Å². The third-order valence-electron chi connectivity index (χ3n) is 4.40. The van der Waals surface area contributed by atoms with Crippen LogP contribution in [0.1, 0.15) is 37.6 Å². The number of hydrogen-bond donors (Lipinski definition) is 0. The Kier molecular flexibility index (Phi) is 3.97. The summed E-state index contributed by atoms with van der Waals surface area (Å²) in [7, 11) is 0. The molecule has 0 unspecified atom stereocenters. The van der Waals surface area contributed by atoms with Crippen molar-refractivity contribution in [1.29, 1.82) is 0 Å². The van der Waals surface area contributed by atoms with Gasteiger partial charge in [0.1, 0.15) is 0 Å². The molecule has 0 spiro atoms. The number of nitrogens with zero attached hydrogens (tertiary/aromatic N) is 4. The van der Waals surface area contributed by atoms with Crippen LogP contribution in [0.2, 0.25) is 0 Å². The van der Waals surface area contributed by atoms with Gasteiger partial charge in [-0.2, -0.15) is 0 Å². The van der Waals surface area contributed by atoms with Gasteiger partial charge in [0, 0.05) is 20.1 Å². The van der Waals surface area contributed by atoms with E-state index in [1.165, 1.54) is 11.1 Å². The summed E-state index contributed by atoms with van der Waals surface area (Å²) in [5.74, 6) is 0. The van der Waals surface area contributed by atoms with Gasteiger partial charge in [-0.15, -0.1) is 12.1 Å². The van der Waals surface area contributed by atoms with Crippen molar-refractivity contribution < 1.29 is 20.1 Å². The fourth-order valence-corrected chi connectivity index (χ4v) is 2.81. The Labute approximate surface area is 154 Å². The molecule has 0 aliphatic carbocycles. The normalized spacial score (nSPS) is 12.0. The molecule has 0 aliphatic heterocycles. The second kappa shape index (κ2) is 5.61. The molecule has 1 aromatic carbocycles. The van der Waals surface area contributed by atoms with Crippen LogP contribution < -0.4 is 0 Å². The molecule has 0 saturated carbocycles. The van der Waals surface area contributed by atoms with Gasteiger partial charge in [0.05, 0.1) is 28.7 Å². The first-order valence-corrected chi connectivity index (χ1v) is 7.81. The van der Waals surface area contributed by atoms with E-state index in [1.807, 2.05) is 16.8 Å². The smallest absolute Gasteiger partial charge is 0.0839 e. The van der Waals surface area contributed by atoms with Gasteiger partial charge in [-0.05, 0) is 48.2 Å². The van der Waals surface area contributed by atoms with Gasteiger partial charge >= 0.3 is 0 Å². The molecule has 24 heavy (non-hydrogen) atoms. The van der Waals surface area contributed by atoms with E-state index in [4.69, 9.17) is 9.97 Å². The summed E-state index contributed by atoms with van der Waals surface area (Å²) in [4.78, 5) is 14.0. The van der Waals surface area contributed by atoms with Gasteiger partial charge in [0.15, 0.2) is 0 Å². The minimum atomic E-state index is -0.0210. The summed E-state index contributed by atoms with van der Waals surface area (Å²) < 4.78 is 2.03. The fraction of sp³-hybridized carbons (Fsp3) is 0.316. The van der Waals surface area contributed by atoms with Crippen molar-refractivity contribution in [3.8, 4) is 0 Å². The van der Waals surface area contributed by atoms with Crippen LogP contribution in [0, 0.1) is 19.9 Å². The van der Waals surface area contributed by atoms with Gasteiger partial charge in [0.25, 0.3) is 0 Å². The number of imidazole rings is 1. The second-order valence-electron chi connectivity index (χ2n) is 7.21. The molecule has 0 aliphatic rings. The number of aromatic nitrogens is 4. The van der Waals surface area contributed by atoms with Crippen LogP contribution in [0.15, 0.2) is 24.5 Å². The molecule has 0 bridgehead atoms. The Bertz CT molecular complexity index is 1070. The summed E-state index contributed by atoms with van der Waals surface area (Å²) >= 11 is 0. The molecule has 3 aromatic heterocycles. The fourth-order valence-electron chi connectivity index (χ4n) is 2.81. The van der Waals surface area contributed by atoms with Crippen molar-refractivity contribution in [1.82, 2.24) is 19.4 Å². The molecule has 0 fully saturated rings. The van der Waals surface area contributed by atoms with E-state index in [0.717, 1.165) is 27.8 Å². The van der Waals surface area contributed by atoms with Gasteiger partial charge in [0.2, 0.25) is 0 Å². The first-order valence-electron chi connectivity index (χ1n) is 7.81. The van der Waals surface area contributed by atoms with E-state index in [-0.39, 0.29) is 25.5 Å². The topological polar surface area (TPSA) is 43.1 Å². The van der Waals surface area contributed by atoms with Crippen LogP contribution in [0.5, 0.6) is 0 Å². The molecular formula is C19H19IrN4-. The average Bonchev–Trinajstić information content (AvgIpc) is 2.84. The maximum absolute atomic E-state index is 4.79. The number of pyridine rings is 1. The molecular weight excluding hydrogens is 476 g/mol. The average molecular weight is 496 g/mol. The molecule has 1 radical (unpaired) electrons. The maximum atomic E-state index is 4.79. The predicted octanol–water partition coefficient (Wildman–Crippen LogP) is 4.14. The molecule has 0 atom stereocenters. The molecule has 4 nitrogen and oxygen atoms in total. The molecule has 3 heterocycles. The quantitative estimate of drug-likeness (QED) is 0.345. The van der Waals surface area contributed by atoms with Gasteiger partial charge < -0.3 is 9.38 Å². The van der Waals surface area contributed by atoms with Crippen LogP contribution in [0.3, 0.4) is 0 Å². The first kappa shape index (κ1) is 17.0. The predicted molar refractivity (Wildman–Crippen MR) is 92.8 cm³/mol. The molecule has 4 rings (SSSR count). The summed E-state index contributed by atoms with van der Waals surface area (Å²) in [5, 5.41) is 0.868. The van der Waals surface area contributed by atoms with Crippen LogP contribution in [-0.4, -0.2) is 19.4 Å². The number of hydrogen-bond acceptors (Lipinski definition) is 3. The van der Waals surface area contributed by atoms with Crippen molar-refractivity contribution >= 4 is 27.7 Å². The summed E-state index contributed by atoms with van der Waals surface area (Å²) in [6.07, 6.45) is 1.81. The van der Waals surface area contributed by atoms with E-state index in [0.29, 0.717) is 5.65 Å². The first-order chi connectivity index (χ1) is 10.8. The SMILES string of the molecule is Cc1cc2nc3c4[c-]cc(C(C)(C)C)nc4ncn3c2cc1C.[Ir]. The maximum Gasteiger partial charge on any atom is 0.0839 e. The summed E-state index contributed by atoms with van der Waals surface area (Å²) in [6.45, 7) is 10.7. The molecule has 4 aromatic rings. The van der Waals surface area contributed by atoms with Crippen molar-refractivity contribution in [3.63, 3.8) is 0 Å². The molecule has 0 amide bonds. The minimum Gasteiger partial charge on any atom is -0.330 e. The van der Waals surface area contributed by atoms with Crippen molar-refractivity contribution in [2.24, 2.45) is 0 Å². The largest absolute Gasteiger partial charge is 0.330 e. The van der Waals surface area contributed by atoms with E-state index >= 15 is 0 Å². The Morgan fingerprint density at radius 3 is 2.46 bits per heavy atom. The van der Waals surface area contributed by atoms with E-state index < -0.39 is 0 Å². The van der Waals surface area contributed by atoms with Crippen molar-refractivity contribution in [2.75, 3.05) is 0 Å². The number of rotatable bonds is 0. The third-order valence-corrected chi connectivity index (χ3v) is 4.40. The number of benzene rings is 1. The number of fused-ring (bicyclic) bond motifs is 5. The Morgan fingerprint density at radius 2 is 1.75 bits per heavy atom. The van der Waals surface area contributed by atoms with Gasteiger partial charge in [-0.1, -0.05) is 26.2 Å². The number of aryl methyl sites for hydroxylation is 2. The summed E-state index contributed by atoms with van der Waals surface area (Å²) in [5.41, 5.74) is 7.09. The molecule has 5 heteroatoms. The standard InChI is InChI=1S/C19H19N4.Ir/c1-11-8-14-15(9-12(11)2)23-10-20-17-13(18(23)21-14)6-7-16(22-17)19(3,4)5;/h7-10H,1-5H3;/q-1;. The van der Waals surface area contributed by atoms with Gasteiger partial charge in [-0.3, -0.25) is 9.97 Å². The second-order valence-corrected chi connectivity index (χ2v) is 7.21. The zero-order valence-corrected chi connectivity index (χ0v) is 16.8. The van der Waals surface area contributed by atoms with E-state index in [2.05, 4.69) is 57.8 Å². The van der Waals surface area contributed by atoms with Crippen LogP contribution >= 0.6 is 0 Å². The Morgan fingerprint density at radius 1 is 1.04 bits per heavy atom. The zero-order valence-electron chi connectivity index (χ0n) is 14.4.